The molecule has 0 unspecified atom stereocenters. The molecule has 0 amide bonds. The summed E-state index contributed by atoms with van der Waals surface area (Å²) in [5.74, 6) is 1.62. The zero-order chi connectivity index (χ0) is 16.7. The van der Waals surface area contributed by atoms with E-state index in [9.17, 15) is 8.42 Å². The van der Waals surface area contributed by atoms with E-state index in [4.69, 9.17) is 3.87 Å². The summed E-state index contributed by atoms with van der Waals surface area (Å²) in [5, 5.41) is 0. The lowest BCUT2D eigenvalue weighted by Gasteiger charge is -2.35. The first kappa shape index (κ1) is 21.1. The molecule has 0 N–H and O–H groups in total. The molecule has 0 bridgehead atoms. The van der Waals surface area contributed by atoms with Gasteiger partial charge in [-0.1, -0.05) is 54.9 Å². The van der Waals surface area contributed by atoms with Crippen LogP contribution in [-0.2, 0) is 14.0 Å². The first-order valence-electron chi connectivity index (χ1n) is 8.45. The van der Waals surface area contributed by atoms with E-state index in [1.807, 2.05) is 6.92 Å². The molecular formula is C16H36O3SSi. The molecule has 5 heteroatoms. The quantitative estimate of drug-likeness (QED) is 0.496. The van der Waals surface area contributed by atoms with Gasteiger partial charge in [-0.15, -0.1) is 0 Å². The van der Waals surface area contributed by atoms with Crippen molar-refractivity contribution in [3.8, 4) is 0 Å². The summed E-state index contributed by atoms with van der Waals surface area (Å²) in [6, 6.07) is 2.82. The van der Waals surface area contributed by atoms with E-state index in [-0.39, 0.29) is 5.75 Å². The number of unbranched alkanes of at least 4 members (excludes halogenated alkanes) is 1. The Morgan fingerprint density at radius 3 is 1.52 bits per heavy atom. The Hall–Kier alpha value is 0.127. The lowest BCUT2D eigenvalue weighted by molar-refractivity contribution is 0.446. The summed E-state index contributed by atoms with van der Waals surface area (Å²) in [6.45, 7) is 15.0. The number of hydrogen-bond acceptors (Lipinski definition) is 3. The first-order chi connectivity index (χ1) is 9.52. The minimum Gasteiger partial charge on any atom is -0.315 e. The van der Waals surface area contributed by atoms with Crippen LogP contribution >= 0.6 is 0 Å². The van der Waals surface area contributed by atoms with Crippen LogP contribution in [-0.4, -0.2) is 22.5 Å². The lowest BCUT2D eigenvalue weighted by Crippen LogP contribution is -2.44. The maximum absolute atomic E-state index is 12.4. The van der Waals surface area contributed by atoms with Crippen molar-refractivity contribution in [1.82, 2.24) is 0 Å². The van der Waals surface area contributed by atoms with E-state index in [1.165, 1.54) is 0 Å². The molecule has 0 radical (unpaired) electrons. The SMILES string of the molecule is CCCCS(=O)(=O)O[Si](CC(C)C)(CC(C)C)CC(C)C. The van der Waals surface area contributed by atoms with Crippen LogP contribution in [0.1, 0.15) is 61.3 Å². The summed E-state index contributed by atoms with van der Waals surface area (Å²) in [7, 11) is -5.63. The highest BCUT2D eigenvalue weighted by Gasteiger charge is 2.41. The van der Waals surface area contributed by atoms with Crippen molar-refractivity contribution in [3.63, 3.8) is 0 Å². The Labute approximate surface area is 134 Å². The van der Waals surface area contributed by atoms with Crippen LogP contribution in [0.15, 0.2) is 0 Å². The van der Waals surface area contributed by atoms with Crippen LogP contribution in [0, 0.1) is 17.8 Å². The summed E-state index contributed by atoms with van der Waals surface area (Å²) in [5.41, 5.74) is 0. The average molecular weight is 337 g/mol. The summed E-state index contributed by atoms with van der Waals surface area (Å²) < 4.78 is 30.7. The van der Waals surface area contributed by atoms with Crippen molar-refractivity contribution < 1.29 is 12.3 Å². The molecule has 0 aromatic heterocycles. The second-order valence-electron chi connectivity index (χ2n) is 7.68. The highest BCUT2D eigenvalue weighted by Crippen LogP contribution is 2.34. The molecule has 128 valence electrons. The molecular weight excluding hydrogens is 300 g/mol. The highest BCUT2D eigenvalue weighted by molar-refractivity contribution is 7.87. The maximum atomic E-state index is 12.4. The molecule has 0 fully saturated rings. The summed E-state index contributed by atoms with van der Waals surface area (Å²) in [6.07, 6.45) is 1.58. The summed E-state index contributed by atoms with van der Waals surface area (Å²) in [4.78, 5) is 0. The molecule has 0 saturated heterocycles. The second kappa shape index (κ2) is 9.31. The van der Waals surface area contributed by atoms with Gasteiger partial charge < -0.3 is 3.87 Å². The Morgan fingerprint density at radius 1 is 0.857 bits per heavy atom. The molecule has 0 heterocycles. The predicted molar refractivity (Wildman–Crippen MR) is 94.5 cm³/mol. The molecule has 0 aliphatic carbocycles. The van der Waals surface area contributed by atoms with Gasteiger partial charge in [0.05, 0.1) is 5.75 Å². The van der Waals surface area contributed by atoms with Gasteiger partial charge in [-0.05, 0) is 42.3 Å². The van der Waals surface area contributed by atoms with Gasteiger partial charge >= 0.3 is 0 Å². The smallest absolute Gasteiger partial charge is 0.257 e. The molecule has 0 saturated carbocycles. The largest absolute Gasteiger partial charge is 0.315 e. The van der Waals surface area contributed by atoms with E-state index in [0.29, 0.717) is 24.2 Å². The molecule has 0 rings (SSSR count). The van der Waals surface area contributed by atoms with Crippen molar-refractivity contribution in [2.24, 2.45) is 17.8 Å². The van der Waals surface area contributed by atoms with Crippen molar-refractivity contribution in [2.75, 3.05) is 5.75 Å². The number of rotatable bonds is 11. The molecule has 21 heavy (non-hydrogen) atoms. The van der Waals surface area contributed by atoms with Gasteiger partial charge in [0.15, 0.2) is 0 Å². The van der Waals surface area contributed by atoms with Gasteiger partial charge in [0, 0.05) is 0 Å². The van der Waals surface area contributed by atoms with E-state index in [0.717, 1.165) is 24.6 Å². The fraction of sp³-hybridized carbons (Fsp3) is 1.00. The van der Waals surface area contributed by atoms with Crippen LogP contribution in [0.25, 0.3) is 0 Å². The maximum Gasteiger partial charge on any atom is 0.257 e. The minimum atomic E-state index is -3.38. The van der Waals surface area contributed by atoms with Gasteiger partial charge in [-0.3, -0.25) is 0 Å². The summed E-state index contributed by atoms with van der Waals surface area (Å²) >= 11 is 0. The third-order valence-electron chi connectivity index (χ3n) is 3.39. The highest BCUT2D eigenvalue weighted by atomic mass is 32.2. The van der Waals surface area contributed by atoms with Gasteiger partial charge in [-0.25, -0.2) is 8.42 Å². The van der Waals surface area contributed by atoms with Crippen molar-refractivity contribution >= 4 is 18.4 Å². The molecule has 0 aliphatic rings. The van der Waals surface area contributed by atoms with Crippen molar-refractivity contribution in [1.29, 1.82) is 0 Å². The number of hydrogen-bond donors (Lipinski definition) is 0. The van der Waals surface area contributed by atoms with Gasteiger partial charge in [0.25, 0.3) is 10.1 Å². The zero-order valence-corrected chi connectivity index (χ0v) is 16.9. The monoisotopic (exact) mass is 336 g/mol. The molecule has 0 aromatic carbocycles. The van der Waals surface area contributed by atoms with Crippen LogP contribution < -0.4 is 0 Å². The average Bonchev–Trinajstić information content (AvgIpc) is 2.21. The Kier molecular flexibility index (Phi) is 9.36. The third-order valence-corrected chi connectivity index (χ3v) is 11.3. The van der Waals surface area contributed by atoms with E-state index in [2.05, 4.69) is 41.5 Å². The minimum absolute atomic E-state index is 0.173. The third kappa shape index (κ3) is 9.69. The normalized spacial score (nSPS) is 13.6. The van der Waals surface area contributed by atoms with Crippen LogP contribution in [0.2, 0.25) is 18.1 Å². The fourth-order valence-electron chi connectivity index (χ4n) is 3.22. The van der Waals surface area contributed by atoms with Gasteiger partial charge in [-0.2, -0.15) is 0 Å². The molecule has 0 aliphatic heterocycles. The Balaban J connectivity index is 5.31. The van der Waals surface area contributed by atoms with Gasteiger partial charge in [0.2, 0.25) is 8.32 Å². The topological polar surface area (TPSA) is 43.4 Å². The van der Waals surface area contributed by atoms with Crippen LogP contribution in [0.3, 0.4) is 0 Å². The first-order valence-corrected chi connectivity index (χ1v) is 12.6. The van der Waals surface area contributed by atoms with Crippen LogP contribution in [0.5, 0.6) is 0 Å². The van der Waals surface area contributed by atoms with E-state index in [1.54, 1.807) is 0 Å². The fourth-order valence-corrected chi connectivity index (χ4v) is 12.1. The Bertz CT molecular complexity index is 348. The lowest BCUT2D eigenvalue weighted by atomic mass is 10.3. The zero-order valence-electron chi connectivity index (χ0n) is 15.1. The standard InChI is InChI=1S/C16H36O3SSi/c1-8-9-10-20(17,18)19-21(11-14(2)3,12-15(4)5)13-16(6)7/h14-16H,8-13H2,1-7H3. The molecule has 0 atom stereocenters. The van der Waals surface area contributed by atoms with Crippen molar-refractivity contribution in [2.45, 2.75) is 79.4 Å². The molecule has 0 aromatic rings. The van der Waals surface area contributed by atoms with E-state index >= 15 is 0 Å². The van der Waals surface area contributed by atoms with Crippen molar-refractivity contribution in [3.05, 3.63) is 0 Å². The van der Waals surface area contributed by atoms with E-state index < -0.39 is 18.4 Å². The molecule has 3 nitrogen and oxygen atoms in total. The predicted octanol–water partition coefficient (Wildman–Crippen LogP) is 5.05. The Morgan fingerprint density at radius 2 is 1.24 bits per heavy atom. The van der Waals surface area contributed by atoms with Crippen LogP contribution in [0.4, 0.5) is 0 Å². The molecule has 0 spiro atoms. The second-order valence-corrected chi connectivity index (χ2v) is 13.5. The van der Waals surface area contributed by atoms with Gasteiger partial charge in [0.1, 0.15) is 0 Å².